The van der Waals surface area contributed by atoms with Gasteiger partial charge in [0.1, 0.15) is 0 Å². The van der Waals surface area contributed by atoms with Crippen LogP contribution in [0.5, 0.6) is 0 Å². The molecule has 5 heteroatoms. The number of hydrogen-bond acceptors (Lipinski definition) is 4. The molecule has 2 N–H and O–H groups in total. The first-order chi connectivity index (χ1) is 8.67. The number of ether oxygens (including phenoxy) is 1. The van der Waals surface area contributed by atoms with Gasteiger partial charge in [0, 0.05) is 39.0 Å². The fourth-order valence-corrected chi connectivity index (χ4v) is 2.69. The molecule has 1 aliphatic rings. The third kappa shape index (κ3) is 2.58. The normalized spacial score (nSPS) is 22.8. The van der Waals surface area contributed by atoms with Crippen molar-refractivity contribution < 1.29 is 4.74 Å². The average molecular weight is 252 g/mol. The minimum atomic E-state index is 0.245. The van der Waals surface area contributed by atoms with E-state index in [4.69, 9.17) is 10.5 Å². The Bertz CT molecular complexity index is 377. The van der Waals surface area contributed by atoms with Crippen LogP contribution in [0.2, 0.25) is 0 Å². The molecule has 0 radical (unpaired) electrons. The summed E-state index contributed by atoms with van der Waals surface area (Å²) in [7, 11) is 1.78. The van der Waals surface area contributed by atoms with Crippen molar-refractivity contribution in [3.8, 4) is 0 Å². The Balaban J connectivity index is 2.15. The van der Waals surface area contributed by atoms with Gasteiger partial charge in [-0.2, -0.15) is 0 Å². The molecule has 2 heterocycles. The van der Waals surface area contributed by atoms with Crippen molar-refractivity contribution in [2.75, 3.05) is 26.7 Å². The zero-order chi connectivity index (χ0) is 13.1. The molecule has 102 valence electrons. The van der Waals surface area contributed by atoms with Crippen molar-refractivity contribution in [3.05, 3.63) is 18.2 Å². The van der Waals surface area contributed by atoms with Crippen LogP contribution in [-0.2, 0) is 4.74 Å². The van der Waals surface area contributed by atoms with Gasteiger partial charge in [-0.15, -0.1) is 0 Å². The summed E-state index contributed by atoms with van der Waals surface area (Å²) in [6.45, 7) is 6.96. The first kappa shape index (κ1) is 13.5. The Morgan fingerprint density at radius 3 is 2.89 bits per heavy atom. The van der Waals surface area contributed by atoms with Crippen LogP contribution in [0.3, 0.4) is 0 Å². The van der Waals surface area contributed by atoms with Crippen LogP contribution in [0.4, 0.5) is 0 Å². The van der Waals surface area contributed by atoms with E-state index in [-0.39, 0.29) is 6.04 Å². The Morgan fingerprint density at radius 2 is 2.33 bits per heavy atom. The van der Waals surface area contributed by atoms with Gasteiger partial charge in [-0.05, 0) is 20.3 Å². The third-order valence-corrected chi connectivity index (χ3v) is 3.77. The number of aromatic nitrogens is 2. The van der Waals surface area contributed by atoms with Crippen molar-refractivity contribution in [1.29, 1.82) is 0 Å². The van der Waals surface area contributed by atoms with Crippen LogP contribution in [0.15, 0.2) is 12.5 Å². The SMILES string of the molecule is COC1CCN(C(CN)c2cncn2C(C)C)C1. The Hall–Kier alpha value is -0.910. The van der Waals surface area contributed by atoms with Gasteiger partial charge >= 0.3 is 0 Å². The van der Waals surface area contributed by atoms with Gasteiger partial charge in [-0.3, -0.25) is 4.90 Å². The second kappa shape index (κ2) is 5.82. The van der Waals surface area contributed by atoms with Crippen molar-refractivity contribution >= 4 is 0 Å². The minimum absolute atomic E-state index is 0.245. The van der Waals surface area contributed by atoms with Crippen LogP contribution in [0.25, 0.3) is 0 Å². The van der Waals surface area contributed by atoms with E-state index in [1.54, 1.807) is 7.11 Å². The molecule has 0 saturated carbocycles. The quantitative estimate of drug-likeness (QED) is 0.855. The van der Waals surface area contributed by atoms with Crippen molar-refractivity contribution in [2.24, 2.45) is 5.73 Å². The second-order valence-electron chi connectivity index (χ2n) is 5.21. The molecule has 0 spiro atoms. The molecule has 0 aliphatic carbocycles. The molecule has 2 atom stereocenters. The lowest BCUT2D eigenvalue weighted by molar-refractivity contribution is 0.100. The fourth-order valence-electron chi connectivity index (χ4n) is 2.69. The molecule has 0 bridgehead atoms. The average Bonchev–Trinajstić information content (AvgIpc) is 2.98. The molecular weight excluding hydrogens is 228 g/mol. The first-order valence-corrected chi connectivity index (χ1v) is 6.66. The van der Waals surface area contributed by atoms with Gasteiger partial charge in [-0.1, -0.05) is 0 Å². The standard InChI is InChI=1S/C13H24N4O/c1-10(2)17-9-15-7-13(17)12(6-14)16-5-4-11(8-16)18-3/h7,9-12H,4-6,8,14H2,1-3H3. The second-order valence-corrected chi connectivity index (χ2v) is 5.21. The van der Waals surface area contributed by atoms with E-state index >= 15 is 0 Å². The summed E-state index contributed by atoms with van der Waals surface area (Å²) in [5.74, 6) is 0. The van der Waals surface area contributed by atoms with E-state index in [9.17, 15) is 0 Å². The molecule has 18 heavy (non-hydrogen) atoms. The minimum Gasteiger partial charge on any atom is -0.380 e. The summed E-state index contributed by atoms with van der Waals surface area (Å²) in [6, 6.07) is 0.660. The number of hydrogen-bond donors (Lipinski definition) is 1. The van der Waals surface area contributed by atoms with Crippen LogP contribution in [0.1, 0.15) is 38.0 Å². The molecule has 1 saturated heterocycles. The van der Waals surface area contributed by atoms with Crippen molar-refractivity contribution in [2.45, 2.75) is 38.5 Å². The van der Waals surface area contributed by atoms with E-state index in [1.165, 1.54) is 5.69 Å². The summed E-state index contributed by atoms with van der Waals surface area (Å²) in [6.07, 6.45) is 5.27. The highest BCUT2D eigenvalue weighted by atomic mass is 16.5. The lowest BCUT2D eigenvalue weighted by atomic mass is 10.2. The lowest BCUT2D eigenvalue weighted by Crippen LogP contribution is -2.34. The number of imidazole rings is 1. The summed E-state index contributed by atoms with van der Waals surface area (Å²) < 4.78 is 7.63. The molecular formula is C13H24N4O. The monoisotopic (exact) mass is 252 g/mol. The summed E-state index contributed by atoms with van der Waals surface area (Å²) in [5, 5.41) is 0. The number of rotatable bonds is 5. The van der Waals surface area contributed by atoms with Crippen LogP contribution >= 0.6 is 0 Å². The van der Waals surface area contributed by atoms with Crippen molar-refractivity contribution in [1.82, 2.24) is 14.5 Å². The molecule has 2 rings (SSSR count). The highest BCUT2D eigenvalue weighted by Gasteiger charge is 2.30. The highest BCUT2D eigenvalue weighted by molar-refractivity contribution is 5.08. The van der Waals surface area contributed by atoms with E-state index < -0.39 is 0 Å². The summed E-state index contributed by atoms with van der Waals surface area (Å²) in [4.78, 5) is 6.68. The maximum Gasteiger partial charge on any atom is 0.0951 e. The number of methoxy groups -OCH3 is 1. The van der Waals surface area contributed by atoms with Gasteiger partial charge in [0.2, 0.25) is 0 Å². The number of likely N-dealkylation sites (tertiary alicyclic amines) is 1. The first-order valence-electron chi connectivity index (χ1n) is 6.66. The van der Waals surface area contributed by atoms with E-state index in [2.05, 4.69) is 28.3 Å². The lowest BCUT2D eigenvalue weighted by Gasteiger charge is -2.28. The molecule has 0 amide bonds. The predicted molar refractivity (Wildman–Crippen MR) is 71.4 cm³/mol. The maximum absolute atomic E-state index is 5.98. The van der Waals surface area contributed by atoms with Crippen LogP contribution in [-0.4, -0.2) is 47.3 Å². The zero-order valence-electron chi connectivity index (χ0n) is 11.5. The Kier molecular flexibility index (Phi) is 4.37. The van der Waals surface area contributed by atoms with Crippen molar-refractivity contribution in [3.63, 3.8) is 0 Å². The number of nitrogens with two attached hydrogens (primary N) is 1. The molecule has 5 nitrogen and oxygen atoms in total. The number of nitrogens with zero attached hydrogens (tertiary/aromatic N) is 3. The highest BCUT2D eigenvalue weighted by Crippen LogP contribution is 2.26. The van der Waals surface area contributed by atoms with E-state index in [0.717, 1.165) is 19.5 Å². The fraction of sp³-hybridized carbons (Fsp3) is 0.769. The molecule has 1 aliphatic heterocycles. The van der Waals surface area contributed by atoms with Gasteiger partial charge in [0.05, 0.1) is 24.2 Å². The van der Waals surface area contributed by atoms with Gasteiger partial charge < -0.3 is 15.0 Å². The molecule has 1 aromatic rings. The third-order valence-electron chi connectivity index (χ3n) is 3.77. The van der Waals surface area contributed by atoms with Gasteiger partial charge in [0.15, 0.2) is 0 Å². The smallest absolute Gasteiger partial charge is 0.0951 e. The largest absolute Gasteiger partial charge is 0.380 e. The van der Waals surface area contributed by atoms with Gasteiger partial charge in [-0.25, -0.2) is 4.98 Å². The van der Waals surface area contributed by atoms with Crippen LogP contribution in [0, 0.1) is 0 Å². The van der Waals surface area contributed by atoms with E-state index in [1.807, 2.05) is 12.5 Å². The topological polar surface area (TPSA) is 56.3 Å². The zero-order valence-corrected chi connectivity index (χ0v) is 11.5. The van der Waals surface area contributed by atoms with Crippen LogP contribution < -0.4 is 5.73 Å². The summed E-state index contributed by atoms with van der Waals surface area (Å²) in [5.41, 5.74) is 7.19. The maximum atomic E-state index is 5.98. The molecule has 1 aromatic heterocycles. The molecule has 1 fully saturated rings. The Morgan fingerprint density at radius 1 is 1.56 bits per heavy atom. The molecule has 0 aromatic carbocycles. The Labute approximate surface area is 109 Å². The van der Waals surface area contributed by atoms with Gasteiger partial charge in [0.25, 0.3) is 0 Å². The van der Waals surface area contributed by atoms with E-state index in [0.29, 0.717) is 18.7 Å². The predicted octanol–water partition coefficient (Wildman–Crippen LogP) is 1.18. The summed E-state index contributed by atoms with van der Waals surface area (Å²) >= 11 is 0. The molecule has 2 unspecified atom stereocenters.